The molecule has 1 saturated heterocycles. The van der Waals surface area contributed by atoms with E-state index in [1.165, 1.54) is 12.4 Å². The fraction of sp³-hybridized carbons (Fsp3) is 0.444. The summed E-state index contributed by atoms with van der Waals surface area (Å²) >= 11 is 0. The average Bonchev–Trinajstić information content (AvgIpc) is 2.59. The number of aromatic nitrogens is 2. The van der Waals surface area contributed by atoms with Crippen LogP contribution in [-0.4, -0.2) is 41.0 Å². The second-order valence-electron chi connectivity index (χ2n) is 3.74. The van der Waals surface area contributed by atoms with Gasteiger partial charge in [0.15, 0.2) is 9.84 Å². The summed E-state index contributed by atoms with van der Waals surface area (Å²) in [6, 6.07) is 0. The molecule has 0 amide bonds. The number of carbonyl (C=O) groups is 1. The number of rotatable bonds is 2. The molecule has 1 unspecified atom stereocenters. The first-order valence-corrected chi connectivity index (χ1v) is 6.56. The van der Waals surface area contributed by atoms with Gasteiger partial charge in [0.2, 0.25) is 0 Å². The zero-order chi connectivity index (χ0) is 11.8. The SMILES string of the molecule is O=C(O)c1cnc(C2CCS(=O)(=O)C2)nc1. The molecule has 1 fully saturated rings. The van der Waals surface area contributed by atoms with Gasteiger partial charge in [-0.3, -0.25) is 0 Å². The van der Waals surface area contributed by atoms with Crippen molar-refractivity contribution in [3.8, 4) is 0 Å². The van der Waals surface area contributed by atoms with Crippen molar-refractivity contribution in [1.29, 1.82) is 0 Å². The third-order valence-electron chi connectivity index (χ3n) is 2.52. The third-order valence-corrected chi connectivity index (χ3v) is 4.28. The quantitative estimate of drug-likeness (QED) is 0.788. The van der Waals surface area contributed by atoms with Crippen LogP contribution in [0.25, 0.3) is 0 Å². The van der Waals surface area contributed by atoms with Crippen molar-refractivity contribution < 1.29 is 18.3 Å². The van der Waals surface area contributed by atoms with Crippen LogP contribution in [0.1, 0.15) is 28.5 Å². The van der Waals surface area contributed by atoms with E-state index in [1.807, 2.05) is 0 Å². The van der Waals surface area contributed by atoms with Crippen LogP contribution in [-0.2, 0) is 9.84 Å². The molecule has 7 heteroatoms. The fourth-order valence-electron chi connectivity index (χ4n) is 1.66. The summed E-state index contributed by atoms with van der Waals surface area (Å²) < 4.78 is 22.5. The van der Waals surface area contributed by atoms with E-state index in [0.717, 1.165) is 0 Å². The van der Waals surface area contributed by atoms with Gasteiger partial charge < -0.3 is 5.11 Å². The lowest BCUT2D eigenvalue weighted by Crippen LogP contribution is -2.08. The normalized spacial score (nSPS) is 23.1. The Morgan fingerprint density at radius 3 is 2.44 bits per heavy atom. The Bertz CT molecular complexity index is 509. The van der Waals surface area contributed by atoms with Gasteiger partial charge in [-0.25, -0.2) is 23.2 Å². The molecule has 1 atom stereocenters. The molecule has 0 saturated carbocycles. The molecule has 16 heavy (non-hydrogen) atoms. The Balaban J connectivity index is 2.20. The highest BCUT2D eigenvalue weighted by Crippen LogP contribution is 2.25. The fourth-order valence-corrected chi connectivity index (χ4v) is 3.40. The largest absolute Gasteiger partial charge is 0.478 e. The molecule has 86 valence electrons. The van der Waals surface area contributed by atoms with Crippen molar-refractivity contribution in [3.63, 3.8) is 0 Å². The number of carboxylic acid groups (broad SMARTS) is 1. The molecule has 1 aliphatic heterocycles. The van der Waals surface area contributed by atoms with Gasteiger partial charge in [0, 0.05) is 18.3 Å². The molecule has 0 radical (unpaired) electrons. The molecule has 2 heterocycles. The van der Waals surface area contributed by atoms with Crippen LogP contribution < -0.4 is 0 Å². The van der Waals surface area contributed by atoms with E-state index in [9.17, 15) is 13.2 Å². The highest BCUT2D eigenvalue weighted by molar-refractivity contribution is 7.91. The monoisotopic (exact) mass is 242 g/mol. The lowest BCUT2D eigenvalue weighted by atomic mass is 10.1. The predicted molar refractivity (Wildman–Crippen MR) is 55.0 cm³/mol. The van der Waals surface area contributed by atoms with E-state index in [-0.39, 0.29) is 23.0 Å². The zero-order valence-corrected chi connectivity index (χ0v) is 9.14. The molecular formula is C9H10N2O4S. The topological polar surface area (TPSA) is 97.2 Å². The molecule has 1 aliphatic rings. The summed E-state index contributed by atoms with van der Waals surface area (Å²) in [6.07, 6.45) is 2.92. The van der Waals surface area contributed by atoms with Crippen LogP contribution in [0.15, 0.2) is 12.4 Å². The summed E-state index contributed by atoms with van der Waals surface area (Å²) in [7, 11) is -2.97. The van der Waals surface area contributed by atoms with Gasteiger partial charge in [-0.2, -0.15) is 0 Å². The van der Waals surface area contributed by atoms with E-state index in [1.54, 1.807) is 0 Å². The second kappa shape index (κ2) is 3.82. The molecule has 0 aromatic carbocycles. The van der Waals surface area contributed by atoms with E-state index in [0.29, 0.717) is 12.2 Å². The van der Waals surface area contributed by atoms with Crippen molar-refractivity contribution in [2.24, 2.45) is 0 Å². The summed E-state index contributed by atoms with van der Waals surface area (Å²) in [5.74, 6) is -0.675. The van der Waals surface area contributed by atoms with Gasteiger partial charge in [-0.15, -0.1) is 0 Å². The van der Waals surface area contributed by atoms with Crippen molar-refractivity contribution in [2.45, 2.75) is 12.3 Å². The lowest BCUT2D eigenvalue weighted by Gasteiger charge is -2.04. The van der Waals surface area contributed by atoms with Gasteiger partial charge in [-0.1, -0.05) is 0 Å². The maximum Gasteiger partial charge on any atom is 0.338 e. The van der Waals surface area contributed by atoms with E-state index < -0.39 is 15.8 Å². The first kappa shape index (κ1) is 11.0. The molecule has 0 bridgehead atoms. The molecule has 0 aliphatic carbocycles. The van der Waals surface area contributed by atoms with Crippen LogP contribution in [0.5, 0.6) is 0 Å². The number of aromatic carboxylic acids is 1. The summed E-state index contributed by atoms with van der Waals surface area (Å²) in [5, 5.41) is 8.65. The average molecular weight is 242 g/mol. The maximum absolute atomic E-state index is 11.2. The zero-order valence-electron chi connectivity index (χ0n) is 8.33. The molecule has 0 spiro atoms. The minimum atomic E-state index is -2.97. The van der Waals surface area contributed by atoms with Gasteiger partial charge in [0.05, 0.1) is 17.1 Å². The van der Waals surface area contributed by atoms with Crippen LogP contribution in [0, 0.1) is 0 Å². The van der Waals surface area contributed by atoms with Gasteiger partial charge in [-0.05, 0) is 6.42 Å². The first-order valence-electron chi connectivity index (χ1n) is 4.73. The molecule has 1 N–H and O–H groups in total. The highest BCUT2D eigenvalue weighted by atomic mass is 32.2. The van der Waals surface area contributed by atoms with Gasteiger partial charge in [0.25, 0.3) is 0 Å². The molecule has 6 nitrogen and oxygen atoms in total. The molecule has 2 rings (SSSR count). The van der Waals surface area contributed by atoms with Gasteiger partial charge >= 0.3 is 5.97 Å². The Morgan fingerprint density at radius 1 is 1.38 bits per heavy atom. The predicted octanol–water partition coefficient (Wildman–Crippen LogP) is 0.0769. The van der Waals surface area contributed by atoms with Crippen molar-refractivity contribution in [1.82, 2.24) is 9.97 Å². The standard InChI is InChI=1S/C9H10N2O4S/c12-9(13)7-3-10-8(11-4-7)6-1-2-16(14,15)5-6/h3-4,6H,1-2,5H2,(H,12,13). The van der Waals surface area contributed by atoms with Crippen molar-refractivity contribution in [3.05, 3.63) is 23.8 Å². The summed E-state index contributed by atoms with van der Waals surface area (Å²) in [5.41, 5.74) is 0.00426. The van der Waals surface area contributed by atoms with Crippen LogP contribution in [0.4, 0.5) is 0 Å². The van der Waals surface area contributed by atoms with Crippen LogP contribution >= 0.6 is 0 Å². The number of nitrogens with zero attached hydrogens (tertiary/aromatic N) is 2. The molecular weight excluding hydrogens is 232 g/mol. The van der Waals surface area contributed by atoms with Crippen molar-refractivity contribution in [2.75, 3.05) is 11.5 Å². The third kappa shape index (κ3) is 2.19. The second-order valence-corrected chi connectivity index (χ2v) is 5.96. The number of carboxylic acids is 1. The minimum absolute atomic E-state index is 0.00426. The number of hydrogen-bond acceptors (Lipinski definition) is 5. The molecule has 1 aromatic heterocycles. The van der Waals surface area contributed by atoms with Crippen LogP contribution in [0.2, 0.25) is 0 Å². The number of sulfone groups is 1. The minimum Gasteiger partial charge on any atom is -0.478 e. The maximum atomic E-state index is 11.2. The Hall–Kier alpha value is -1.50. The number of hydrogen-bond donors (Lipinski definition) is 1. The lowest BCUT2D eigenvalue weighted by molar-refractivity contribution is 0.0696. The summed E-state index contributed by atoms with van der Waals surface area (Å²) in [6.45, 7) is 0. The summed E-state index contributed by atoms with van der Waals surface area (Å²) in [4.78, 5) is 18.3. The van der Waals surface area contributed by atoms with Crippen molar-refractivity contribution >= 4 is 15.8 Å². The van der Waals surface area contributed by atoms with E-state index in [4.69, 9.17) is 5.11 Å². The smallest absolute Gasteiger partial charge is 0.338 e. The van der Waals surface area contributed by atoms with Crippen LogP contribution in [0.3, 0.4) is 0 Å². The molecule has 1 aromatic rings. The Morgan fingerprint density at radius 2 is 2.00 bits per heavy atom. The van der Waals surface area contributed by atoms with E-state index in [2.05, 4.69) is 9.97 Å². The first-order chi connectivity index (χ1) is 7.48. The Kier molecular flexibility index (Phi) is 2.63. The van der Waals surface area contributed by atoms with E-state index >= 15 is 0 Å². The highest BCUT2D eigenvalue weighted by Gasteiger charge is 2.30. The van der Waals surface area contributed by atoms with Gasteiger partial charge in [0.1, 0.15) is 5.82 Å². The Labute approximate surface area is 92.3 Å².